The summed E-state index contributed by atoms with van der Waals surface area (Å²) in [4.78, 5) is 0.00519. The Morgan fingerprint density at radius 3 is 2.09 bits per heavy atom. The molecular weight excluding hydrogens is 633 g/mol. The maximum Gasteiger partial charge on any atom is 0.456 e. The first kappa shape index (κ1) is 34.2. The van der Waals surface area contributed by atoms with Crippen LogP contribution in [-0.4, -0.2) is 79.3 Å². The number of sulfonamides is 1. The minimum absolute atomic E-state index is 0.00519. The lowest BCUT2D eigenvalue weighted by molar-refractivity contribution is -0.362. The fourth-order valence-electron chi connectivity index (χ4n) is 9.39. The average Bonchev–Trinajstić information content (AvgIpc) is 3.24. The van der Waals surface area contributed by atoms with E-state index in [0.717, 1.165) is 15.5 Å². The van der Waals surface area contributed by atoms with Crippen molar-refractivity contribution >= 4 is 10.0 Å². The molecule has 4 unspecified atom stereocenters. The Kier molecular flexibility index (Phi) is 7.76. The fraction of sp³-hybridized carbons (Fsp3) is 0.758. The van der Waals surface area contributed by atoms with Gasteiger partial charge in [-0.3, -0.25) is 0 Å². The van der Waals surface area contributed by atoms with Gasteiger partial charge in [0.05, 0.1) is 23.7 Å². The smallest absolute Gasteiger partial charge is 0.385 e. The van der Waals surface area contributed by atoms with Gasteiger partial charge in [0.15, 0.2) is 5.79 Å². The van der Waals surface area contributed by atoms with E-state index in [1.165, 1.54) is 33.2 Å². The number of alkyl halides is 5. The van der Waals surface area contributed by atoms with E-state index >= 15 is 8.78 Å². The van der Waals surface area contributed by atoms with Crippen molar-refractivity contribution < 1.29 is 50.1 Å². The molecule has 1 heterocycles. The number of aliphatic hydroxyl groups is 2. The van der Waals surface area contributed by atoms with Gasteiger partial charge in [0.2, 0.25) is 10.0 Å². The molecule has 0 aromatic heterocycles. The Balaban J connectivity index is 1.47. The largest absolute Gasteiger partial charge is 0.456 e. The maximum atomic E-state index is 15.3. The quantitative estimate of drug-likeness (QED) is 0.293. The monoisotopic (exact) mass is 677 g/mol. The lowest BCUT2D eigenvalue weighted by atomic mass is 9.49. The average molecular weight is 678 g/mol. The molecule has 0 amide bonds. The standard InChI is InChI=1S/C33H44F5NO6S/c1-27(2)18-44-30(45-19-27)14-11-25-26-22(10-13-29(25,40)17-30)24-12-15-31(41,32(34,35)33(36,37)38)28(24,3)16-23(26)20-6-8-21(9-7-20)46(42,43)39(4)5/h6-9,22-24,40-41H,10-19H2,1-5H3/t22?,23?,24?,28?,29-,31+/m1/s1. The van der Waals surface area contributed by atoms with Gasteiger partial charge >= 0.3 is 12.1 Å². The summed E-state index contributed by atoms with van der Waals surface area (Å²) in [6.07, 6.45) is -5.32. The van der Waals surface area contributed by atoms with Crippen LogP contribution in [0.4, 0.5) is 22.0 Å². The molecule has 6 rings (SSSR count). The summed E-state index contributed by atoms with van der Waals surface area (Å²) in [5, 5.41) is 23.8. The van der Waals surface area contributed by atoms with Gasteiger partial charge in [-0.25, -0.2) is 12.7 Å². The summed E-state index contributed by atoms with van der Waals surface area (Å²) in [5.74, 6) is -8.20. The molecule has 1 spiro atoms. The van der Waals surface area contributed by atoms with Gasteiger partial charge in [-0.1, -0.05) is 38.5 Å². The van der Waals surface area contributed by atoms with E-state index in [-0.39, 0.29) is 36.0 Å². The highest BCUT2D eigenvalue weighted by molar-refractivity contribution is 7.89. The van der Waals surface area contributed by atoms with Crippen molar-refractivity contribution in [1.82, 2.24) is 4.31 Å². The number of rotatable bonds is 4. The molecule has 1 saturated heterocycles. The van der Waals surface area contributed by atoms with Crippen LogP contribution in [0.5, 0.6) is 0 Å². The number of hydrogen-bond acceptors (Lipinski definition) is 6. The summed E-state index contributed by atoms with van der Waals surface area (Å²) < 4.78 is 111. The molecule has 4 fully saturated rings. The van der Waals surface area contributed by atoms with Gasteiger partial charge in [-0.15, -0.1) is 0 Å². The molecule has 13 heteroatoms. The van der Waals surface area contributed by atoms with Gasteiger partial charge in [-0.2, -0.15) is 22.0 Å². The first-order chi connectivity index (χ1) is 21.0. The number of fused-ring (bicyclic) bond motifs is 4. The molecular formula is C33H44F5NO6S. The highest BCUT2D eigenvalue weighted by Gasteiger charge is 2.79. The third-order valence-electron chi connectivity index (χ3n) is 12.0. The SMILES string of the molecule is CN(C)S(=O)(=O)c1ccc(C2CC3(C)C(CC[C@@]3(O)C(F)(F)C(F)(F)F)C3CC[C@@]4(O)CC5(CCC4=C23)OCC(C)(C)CO5)cc1. The second-order valence-electron chi connectivity index (χ2n) is 15.5. The molecule has 1 aromatic rings. The molecule has 0 bridgehead atoms. The van der Waals surface area contributed by atoms with E-state index < -0.39 is 68.7 Å². The van der Waals surface area contributed by atoms with Crippen LogP contribution in [0.15, 0.2) is 40.3 Å². The van der Waals surface area contributed by atoms with Crippen LogP contribution in [0.2, 0.25) is 0 Å². The number of nitrogens with zero attached hydrogens (tertiary/aromatic N) is 1. The van der Waals surface area contributed by atoms with Crippen molar-refractivity contribution in [3.05, 3.63) is 41.0 Å². The summed E-state index contributed by atoms with van der Waals surface area (Å²) >= 11 is 0. The zero-order valence-corrected chi connectivity index (χ0v) is 27.7. The Hall–Kier alpha value is -1.64. The Bertz CT molecular complexity index is 1520. The van der Waals surface area contributed by atoms with E-state index in [9.17, 15) is 31.8 Å². The minimum Gasteiger partial charge on any atom is -0.385 e. The normalized spacial score (nSPS) is 37.6. The highest BCUT2D eigenvalue weighted by atomic mass is 32.2. The van der Waals surface area contributed by atoms with Crippen molar-refractivity contribution in [2.75, 3.05) is 27.3 Å². The van der Waals surface area contributed by atoms with E-state index in [1.807, 2.05) is 13.8 Å². The van der Waals surface area contributed by atoms with Crippen LogP contribution >= 0.6 is 0 Å². The Morgan fingerprint density at radius 1 is 0.913 bits per heavy atom. The molecule has 258 valence electrons. The molecule has 6 atom stereocenters. The van der Waals surface area contributed by atoms with Crippen LogP contribution in [0.3, 0.4) is 0 Å². The number of halogens is 5. The fourth-order valence-corrected chi connectivity index (χ4v) is 10.3. The third-order valence-corrected chi connectivity index (χ3v) is 13.8. The maximum absolute atomic E-state index is 15.3. The molecule has 1 aromatic carbocycles. The zero-order chi connectivity index (χ0) is 33.9. The van der Waals surface area contributed by atoms with E-state index in [4.69, 9.17) is 9.47 Å². The van der Waals surface area contributed by atoms with Crippen molar-refractivity contribution in [1.29, 1.82) is 0 Å². The Labute approximate surface area is 267 Å². The lowest BCUT2D eigenvalue weighted by Gasteiger charge is -2.59. The van der Waals surface area contributed by atoms with Crippen molar-refractivity contribution in [2.24, 2.45) is 22.7 Å². The van der Waals surface area contributed by atoms with E-state index in [1.54, 1.807) is 12.1 Å². The second kappa shape index (κ2) is 10.4. The molecule has 1 aliphatic heterocycles. The van der Waals surface area contributed by atoms with Crippen LogP contribution < -0.4 is 0 Å². The first-order valence-corrected chi connectivity index (χ1v) is 17.4. The van der Waals surface area contributed by atoms with Crippen molar-refractivity contribution in [3.8, 4) is 0 Å². The molecule has 7 nitrogen and oxygen atoms in total. The number of benzene rings is 1. The summed E-state index contributed by atoms with van der Waals surface area (Å²) in [7, 11) is -1.01. The summed E-state index contributed by atoms with van der Waals surface area (Å²) in [6, 6.07) is 5.94. The predicted octanol–water partition coefficient (Wildman–Crippen LogP) is 6.16. The minimum atomic E-state index is -5.95. The molecule has 0 radical (unpaired) electrons. The van der Waals surface area contributed by atoms with Crippen LogP contribution in [0, 0.1) is 22.7 Å². The first-order valence-electron chi connectivity index (χ1n) is 16.0. The van der Waals surface area contributed by atoms with Gasteiger partial charge in [0.1, 0.15) is 5.60 Å². The molecule has 2 N–H and O–H groups in total. The van der Waals surface area contributed by atoms with Crippen LogP contribution in [-0.2, 0) is 19.5 Å². The predicted molar refractivity (Wildman–Crippen MR) is 158 cm³/mol. The van der Waals surface area contributed by atoms with Crippen LogP contribution in [0.25, 0.3) is 0 Å². The van der Waals surface area contributed by atoms with Crippen molar-refractivity contribution in [2.45, 2.75) is 112 Å². The lowest BCUT2D eigenvalue weighted by Crippen LogP contribution is -2.65. The third kappa shape index (κ3) is 4.84. The van der Waals surface area contributed by atoms with Crippen molar-refractivity contribution in [3.63, 3.8) is 0 Å². The van der Waals surface area contributed by atoms with Gasteiger partial charge in [0, 0.05) is 43.7 Å². The zero-order valence-electron chi connectivity index (χ0n) is 26.9. The van der Waals surface area contributed by atoms with Crippen LogP contribution in [0.1, 0.15) is 83.6 Å². The molecule has 3 saturated carbocycles. The molecule has 5 aliphatic rings. The van der Waals surface area contributed by atoms with E-state index in [2.05, 4.69) is 0 Å². The highest BCUT2D eigenvalue weighted by Crippen LogP contribution is 2.71. The van der Waals surface area contributed by atoms with Gasteiger partial charge < -0.3 is 19.7 Å². The van der Waals surface area contributed by atoms with E-state index in [0.29, 0.717) is 38.0 Å². The number of hydrogen-bond donors (Lipinski definition) is 2. The Morgan fingerprint density at radius 2 is 1.52 bits per heavy atom. The second-order valence-corrected chi connectivity index (χ2v) is 17.7. The van der Waals surface area contributed by atoms with Gasteiger partial charge in [-0.05, 0) is 73.6 Å². The number of ether oxygens (including phenoxy) is 2. The summed E-state index contributed by atoms with van der Waals surface area (Å²) in [5.41, 5.74) is -4.61. The van der Waals surface area contributed by atoms with Gasteiger partial charge in [0.25, 0.3) is 0 Å². The molecule has 46 heavy (non-hydrogen) atoms. The summed E-state index contributed by atoms with van der Waals surface area (Å²) in [6.45, 7) is 6.31. The topological polar surface area (TPSA) is 96.3 Å². The number of allylic oxidation sites excluding steroid dienone is 1. The molecule has 4 aliphatic carbocycles.